The summed E-state index contributed by atoms with van der Waals surface area (Å²) in [6.07, 6.45) is -0.703. The Hall–Kier alpha value is -2.10. The van der Waals surface area contributed by atoms with E-state index in [1.165, 1.54) is 15.6 Å². The third-order valence-corrected chi connectivity index (χ3v) is 7.70. The largest absolute Gasteiger partial charge is 0.485 e. The predicted octanol–water partition coefficient (Wildman–Crippen LogP) is 1.42. The average Bonchev–Trinajstić information content (AvgIpc) is 3.23. The van der Waals surface area contributed by atoms with E-state index in [-0.39, 0.29) is 25.6 Å². The van der Waals surface area contributed by atoms with Gasteiger partial charge >= 0.3 is 0 Å². The van der Waals surface area contributed by atoms with Gasteiger partial charge in [0, 0.05) is 26.2 Å². The van der Waals surface area contributed by atoms with Gasteiger partial charge in [0.15, 0.2) is 11.5 Å². The van der Waals surface area contributed by atoms with Crippen molar-refractivity contribution in [3.63, 3.8) is 0 Å². The first kappa shape index (κ1) is 17.3. The molecule has 0 N–H and O–H groups in total. The second-order valence-corrected chi connectivity index (χ2v) is 9.14. The molecule has 26 heavy (non-hydrogen) atoms. The maximum Gasteiger partial charge on any atom is 0.267 e. The summed E-state index contributed by atoms with van der Waals surface area (Å²) in [6.45, 7) is 1.38. The summed E-state index contributed by atoms with van der Waals surface area (Å²) in [4.78, 5) is 14.3. The molecule has 1 aromatic heterocycles. The highest BCUT2D eigenvalue weighted by Crippen LogP contribution is 2.31. The number of carbonyl (C=O) groups excluding carboxylic acids is 1. The van der Waals surface area contributed by atoms with Gasteiger partial charge in [-0.3, -0.25) is 4.79 Å². The number of hydrogen-bond donors (Lipinski definition) is 0. The number of sulfonamides is 1. The number of benzene rings is 1. The minimum atomic E-state index is -3.47. The molecule has 0 saturated carbocycles. The number of ether oxygens (including phenoxy) is 2. The molecule has 0 spiro atoms. The number of thiophene rings is 1. The van der Waals surface area contributed by atoms with Crippen molar-refractivity contribution < 1.29 is 22.7 Å². The second-order valence-electron chi connectivity index (χ2n) is 6.03. The van der Waals surface area contributed by atoms with E-state index in [1.54, 1.807) is 34.5 Å². The topological polar surface area (TPSA) is 76.2 Å². The first-order chi connectivity index (χ1) is 12.6. The number of amides is 1. The Morgan fingerprint density at radius 3 is 2.46 bits per heavy atom. The Labute approximate surface area is 155 Å². The highest BCUT2D eigenvalue weighted by Gasteiger charge is 2.35. The first-order valence-corrected chi connectivity index (χ1v) is 10.6. The molecule has 2 aromatic rings. The summed E-state index contributed by atoms with van der Waals surface area (Å²) in [5.74, 6) is 1.01. The van der Waals surface area contributed by atoms with Crippen molar-refractivity contribution in [3.05, 3.63) is 41.8 Å². The molecule has 1 aromatic carbocycles. The van der Waals surface area contributed by atoms with Crippen LogP contribution in [0.15, 0.2) is 46.0 Å². The van der Waals surface area contributed by atoms with Crippen LogP contribution in [0.3, 0.4) is 0 Å². The van der Waals surface area contributed by atoms with Crippen molar-refractivity contribution in [2.45, 2.75) is 10.3 Å². The first-order valence-electron chi connectivity index (χ1n) is 8.26. The summed E-state index contributed by atoms with van der Waals surface area (Å²) in [5.41, 5.74) is 0. The lowest BCUT2D eigenvalue weighted by molar-refractivity contribution is -0.142. The van der Waals surface area contributed by atoms with Crippen molar-refractivity contribution in [3.8, 4) is 11.5 Å². The molecule has 1 amide bonds. The van der Waals surface area contributed by atoms with Gasteiger partial charge in [-0.1, -0.05) is 18.2 Å². The van der Waals surface area contributed by atoms with Gasteiger partial charge in [-0.05, 0) is 23.6 Å². The van der Waals surface area contributed by atoms with Crippen molar-refractivity contribution in [2.24, 2.45) is 0 Å². The van der Waals surface area contributed by atoms with Gasteiger partial charge < -0.3 is 14.4 Å². The Kier molecular flexibility index (Phi) is 4.60. The van der Waals surface area contributed by atoms with Gasteiger partial charge in [-0.2, -0.15) is 4.31 Å². The summed E-state index contributed by atoms with van der Waals surface area (Å²) in [7, 11) is -3.47. The van der Waals surface area contributed by atoms with Crippen LogP contribution in [-0.4, -0.2) is 62.4 Å². The Bertz CT molecular complexity index is 890. The van der Waals surface area contributed by atoms with Crippen LogP contribution < -0.4 is 9.47 Å². The van der Waals surface area contributed by atoms with E-state index in [0.29, 0.717) is 28.8 Å². The monoisotopic (exact) mass is 394 g/mol. The van der Waals surface area contributed by atoms with Gasteiger partial charge in [-0.25, -0.2) is 8.42 Å². The Morgan fingerprint density at radius 1 is 1.04 bits per heavy atom. The quantitative estimate of drug-likeness (QED) is 0.787. The Morgan fingerprint density at radius 2 is 1.77 bits per heavy atom. The van der Waals surface area contributed by atoms with Crippen LogP contribution in [0, 0.1) is 0 Å². The van der Waals surface area contributed by atoms with E-state index in [1.807, 2.05) is 12.1 Å². The van der Waals surface area contributed by atoms with Crippen LogP contribution in [0.4, 0.5) is 0 Å². The number of carbonyl (C=O) groups is 1. The van der Waals surface area contributed by atoms with E-state index in [2.05, 4.69) is 0 Å². The molecule has 3 heterocycles. The summed E-state index contributed by atoms with van der Waals surface area (Å²) < 4.78 is 38.2. The third-order valence-electron chi connectivity index (χ3n) is 4.42. The van der Waals surface area contributed by atoms with E-state index < -0.39 is 16.1 Å². The fourth-order valence-electron chi connectivity index (χ4n) is 3.03. The molecule has 4 rings (SSSR count). The molecule has 1 fully saturated rings. The zero-order valence-corrected chi connectivity index (χ0v) is 15.5. The minimum absolute atomic E-state index is 0.156. The lowest BCUT2D eigenvalue weighted by atomic mass is 10.2. The zero-order chi connectivity index (χ0) is 18.1. The molecule has 9 heteroatoms. The molecule has 0 unspecified atom stereocenters. The summed E-state index contributed by atoms with van der Waals surface area (Å²) >= 11 is 1.20. The van der Waals surface area contributed by atoms with Gasteiger partial charge in [0.05, 0.1) is 0 Å². The van der Waals surface area contributed by atoms with E-state index in [0.717, 1.165) is 0 Å². The van der Waals surface area contributed by atoms with Crippen LogP contribution in [0.5, 0.6) is 11.5 Å². The van der Waals surface area contributed by atoms with Crippen molar-refractivity contribution in [1.82, 2.24) is 9.21 Å². The molecular weight excluding hydrogens is 376 g/mol. The van der Waals surface area contributed by atoms with Crippen LogP contribution in [0.25, 0.3) is 0 Å². The highest BCUT2D eigenvalue weighted by molar-refractivity contribution is 7.91. The lowest BCUT2D eigenvalue weighted by Crippen LogP contribution is -2.54. The number of rotatable bonds is 3. The van der Waals surface area contributed by atoms with Crippen LogP contribution in [0.2, 0.25) is 0 Å². The third kappa shape index (κ3) is 3.17. The van der Waals surface area contributed by atoms with E-state index >= 15 is 0 Å². The molecule has 1 saturated heterocycles. The maximum absolute atomic E-state index is 12.7. The summed E-state index contributed by atoms with van der Waals surface area (Å²) in [5, 5.41) is 1.74. The molecule has 0 aliphatic carbocycles. The smallest absolute Gasteiger partial charge is 0.267 e. The lowest BCUT2D eigenvalue weighted by Gasteiger charge is -2.36. The van der Waals surface area contributed by atoms with Gasteiger partial charge in [0.2, 0.25) is 6.10 Å². The number of piperazine rings is 1. The molecule has 2 aliphatic rings. The van der Waals surface area contributed by atoms with Gasteiger partial charge in [-0.15, -0.1) is 11.3 Å². The van der Waals surface area contributed by atoms with E-state index in [4.69, 9.17) is 9.47 Å². The molecule has 0 bridgehead atoms. The van der Waals surface area contributed by atoms with Crippen LogP contribution in [0.1, 0.15) is 0 Å². The predicted molar refractivity (Wildman–Crippen MR) is 96.0 cm³/mol. The average molecular weight is 394 g/mol. The minimum Gasteiger partial charge on any atom is -0.485 e. The van der Waals surface area contributed by atoms with Gasteiger partial charge in [0.1, 0.15) is 10.8 Å². The molecule has 138 valence electrons. The van der Waals surface area contributed by atoms with Crippen molar-refractivity contribution >= 4 is 27.3 Å². The highest BCUT2D eigenvalue weighted by atomic mass is 32.2. The fraction of sp³-hybridized carbons (Fsp3) is 0.353. The number of nitrogens with zero attached hydrogens (tertiary/aromatic N) is 2. The van der Waals surface area contributed by atoms with Crippen LogP contribution in [-0.2, 0) is 14.8 Å². The van der Waals surface area contributed by atoms with Crippen molar-refractivity contribution in [2.75, 3.05) is 32.8 Å². The second kappa shape index (κ2) is 6.90. The normalized spacial score (nSPS) is 20.8. The standard InChI is InChI=1S/C17H18N2O5S2/c20-17(15-12-23-13-4-1-2-5-14(13)24-15)18-7-9-19(10-8-18)26(21,22)16-6-3-11-25-16/h1-6,11,15H,7-10,12H2/t15-/m0/s1. The van der Waals surface area contributed by atoms with Crippen molar-refractivity contribution in [1.29, 1.82) is 0 Å². The number of hydrogen-bond acceptors (Lipinski definition) is 6. The molecule has 2 aliphatic heterocycles. The van der Waals surface area contributed by atoms with Gasteiger partial charge in [0.25, 0.3) is 15.9 Å². The Balaban J connectivity index is 1.39. The molecular formula is C17H18N2O5S2. The van der Waals surface area contributed by atoms with E-state index in [9.17, 15) is 13.2 Å². The number of para-hydroxylation sites is 2. The number of fused-ring (bicyclic) bond motifs is 1. The summed E-state index contributed by atoms with van der Waals surface area (Å²) in [6, 6.07) is 10.5. The molecule has 0 radical (unpaired) electrons. The maximum atomic E-state index is 12.7. The fourth-order valence-corrected chi connectivity index (χ4v) is 5.60. The SMILES string of the molecule is O=C([C@@H]1COc2ccccc2O1)N1CCN(S(=O)(=O)c2cccs2)CC1. The molecule has 7 nitrogen and oxygen atoms in total. The van der Waals surface area contributed by atoms with Crippen LogP contribution >= 0.6 is 11.3 Å². The zero-order valence-electron chi connectivity index (χ0n) is 13.9. The molecule has 1 atom stereocenters.